The number of rotatable bonds is 7. The van der Waals surface area contributed by atoms with Crippen molar-refractivity contribution in [3.63, 3.8) is 0 Å². The van der Waals surface area contributed by atoms with E-state index in [-0.39, 0.29) is 22.4 Å². The highest BCUT2D eigenvalue weighted by atomic mass is 35.5. The van der Waals surface area contributed by atoms with Crippen LogP contribution >= 0.6 is 22.9 Å². The van der Waals surface area contributed by atoms with Crippen molar-refractivity contribution in [2.45, 2.75) is 26.8 Å². The molecule has 0 aliphatic heterocycles. The third kappa shape index (κ3) is 4.26. The van der Waals surface area contributed by atoms with Crippen LogP contribution in [-0.4, -0.2) is 32.3 Å². The van der Waals surface area contributed by atoms with E-state index >= 15 is 0 Å². The number of ketones is 1. The first kappa shape index (κ1) is 21.3. The minimum absolute atomic E-state index is 0.0447. The maximum Gasteiger partial charge on any atom is 0.359 e. The van der Waals surface area contributed by atoms with E-state index in [0.717, 1.165) is 17.0 Å². The Balaban J connectivity index is 1.43. The molecule has 9 heteroatoms. The van der Waals surface area contributed by atoms with Gasteiger partial charge in [0.1, 0.15) is 5.82 Å². The van der Waals surface area contributed by atoms with Crippen LogP contribution < -0.4 is 0 Å². The van der Waals surface area contributed by atoms with Gasteiger partial charge < -0.3 is 9.30 Å². The Bertz CT molecular complexity index is 1270. The fourth-order valence-corrected chi connectivity index (χ4v) is 4.55. The predicted molar refractivity (Wildman–Crippen MR) is 117 cm³/mol. The van der Waals surface area contributed by atoms with Gasteiger partial charge >= 0.3 is 5.97 Å². The predicted octanol–water partition coefficient (Wildman–Crippen LogP) is 4.89. The molecule has 6 nitrogen and oxygen atoms in total. The quantitative estimate of drug-likeness (QED) is 0.291. The van der Waals surface area contributed by atoms with Crippen LogP contribution in [-0.2, 0) is 17.7 Å². The van der Waals surface area contributed by atoms with Crippen LogP contribution in [0.15, 0.2) is 41.9 Å². The maximum absolute atomic E-state index is 13.1. The molecule has 4 aromatic rings. The fraction of sp³-hybridized carbons (Fsp3) is 0.227. The van der Waals surface area contributed by atoms with Crippen LogP contribution in [0.2, 0.25) is 5.15 Å². The molecule has 0 unspecified atom stereocenters. The lowest BCUT2D eigenvalue weighted by atomic mass is 10.1. The van der Waals surface area contributed by atoms with Gasteiger partial charge in [-0.3, -0.25) is 9.20 Å². The number of esters is 1. The summed E-state index contributed by atoms with van der Waals surface area (Å²) in [5.74, 6) is -1.26. The minimum atomic E-state index is -0.700. The number of hydrogen-bond donors (Lipinski definition) is 0. The van der Waals surface area contributed by atoms with Crippen LogP contribution in [0.4, 0.5) is 4.39 Å². The topological polar surface area (TPSA) is 65.6 Å². The van der Waals surface area contributed by atoms with Crippen molar-refractivity contribution in [2.75, 3.05) is 6.61 Å². The van der Waals surface area contributed by atoms with E-state index in [1.807, 2.05) is 18.4 Å². The van der Waals surface area contributed by atoms with Crippen molar-refractivity contribution in [3.8, 4) is 0 Å². The van der Waals surface area contributed by atoms with E-state index in [2.05, 4.69) is 4.98 Å². The maximum atomic E-state index is 13.1. The van der Waals surface area contributed by atoms with Crippen LogP contribution in [0.25, 0.3) is 4.96 Å². The summed E-state index contributed by atoms with van der Waals surface area (Å²) in [5, 5.41) is 1.82. The molecule has 0 saturated carbocycles. The molecule has 0 amide bonds. The minimum Gasteiger partial charge on any atom is -0.453 e. The standard InChI is InChI=1S/C22H19ClFN3O3S/c1-13-11-17(14(2)26(13)8-7-15-3-5-16(24)6-4-15)18(28)12-30-21(29)19-20(23)25-22-27(19)9-10-31-22/h3-6,9-11H,7-8,12H2,1-2H3. The largest absolute Gasteiger partial charge is 0.453 e. The molecular formula is C22H19ClFN3O3S. The number of aryl methyl sites for hydroxylation is 2. The second-order valence-corrected chi connectivity index (χ2v) is 8.35. The van der Waals surface area contributed by atoms with Gasteiger partial charge in [-0.15, -0.1) is 11.3 Å². The molecule has 0 bridgehead atoms. The summed E-state index contributed by atoms with van der Waals surface area (Å²) in [6.07, 6.45) is 2.38. The molecule has 3 heterocycles. The zero-order chi connectivity index (χ0) is 22.1. The number of halogens is 2. The molecule has 0 spiro atoms. The molecule has 0 atom stereocenters. The van der Waals surface area contributed by atoms with Crippen molar-refractivity contribution < 1.29 is 18.7 Å². The Kier molecular flexibility index (Phi) is 5.93. The number of hydrogen-bond acceptors (Lipinski definition) is 5. The number of ether oxygens (including phenoxy) is 1. The molecule has 0 aliphatic carbocycles. The molecule has 4 rings (SSSR count). The zero-order valence-electron chi connectivity index (χ0n) is 16.9. The second-order valence-electron chi connectivity index (χ2n) is 7.12. The number of nitrogens with zero attached hydrogens (tertiary/aromatic N) is 3. The summed E-state index contributed by atoms with van der Waals surface area (Å²) in [6.45, 7) is 4.03. The number of aromatic nitrogens is 3. The lowest BCUT2D eigenvalue weighted by Gasteiger charge is -2.10. The molecule has 0 N–H and O–H groups in total. The van der Waals surface area contributed by atoms with E-state index in [1.54, 1.807) is 34.2 Å². The van der Waals surface area contributed by atoms with Gasteiger partial charge in [0.15, 0.2) is 22.4 Å². The first-order valence-corrected chi connectivity index (χ1v) is 10.8. The van der Waals surface area contributed by atoms with Crippen molar-refractivity contribution in [3.05, 3.63) is 81.1 Å². The van der Waals surface area contributed by atoms with Crippen molar-refractivity contribution in [2.24, 2.45) is 0 Å². The first-order valence-electron chi connectivity index (χ1n) is 9.57. The Morgan fingerprint density at radius 1 is 1.23 bits per heavy atom. The Labute approximate surface area is 186 Å². The molecule has 31 heavy (non-hydrogen) atoms. The van der Waals surface area contributed by atoms with Gasteiger partial charge in [0.25, 0.3) is 0 Å². The number of fused-ring (bicyclic) bond motifs is 1. The highest BCUT2D eigenvalue weighted by molar-refractivity contribution is 7.15. The summed E-state index contributed by atoms with van der Waals surface area (Å²) in [5.41, 5.74) is 3.34. The average molecular weight is 460 g/mol. The second kappa shape index (κ2) is 8.64. The number of carbonyl (C=O) groups is 2. The van der Waals surface area contributed by atoms with Crippen LogP contribution in [0.3, 0.4) is 0 Å². The van der Waals surface area contributed by atoms with Crippen LogP contribution in [0.5, 0.6) is 0 Å². The molecule has 3 aromatic heterocycles. The monoisotopic (exact) mass is 459 g/mol. The van der Waals surface area contributed by atoms with Crippen molar-refractivity contribution in [1.82, 2.24) is 14.0 Å². The number of thiazole rings is 1. The molecular weight excluding hydrogens is 441 g/mol. The normalized spacial score (nSPS) is 11.2. The lowest BCUT2D eigenvalue weighted by Crippen LogP contribution is -2.16. The third-order valence-electron chi connectivity index (χ3n) is 5.16. The summed E-state index contributed by atoms with van der Waals surface area (Å²) in [6, 6.07) is 8.16. The molecule has 1 aromatic carbocycles. The van der Waals surface area contributed by atoms with E-state index in [9.17, 15) is 14.0 Å². The van der Waals surface area contributed by atoms with Crippen LogP contribution in [0.1, 0.15) is 37.8 Å². The highest BCUT2D eigenvalue weighted by Crippen LogP contribution is 2.22. The molecule has 160 valence electrons. The summed E-state index contributed by atoms with van der Waals surface area (Å²) in [4.78, 5) is 29.9. The van der Waals surface area contributed by atoms with E-state index in [0.29, 0.717) is 23.5 Å². The number of carbonyl (C=O) groups excluding carboxylic acids is 2. The highest BCUT2D eigenvalue weighted by Gasteiger charge is 2.23. The average Bonchev–Trinajstić information content (AvgIpc) is 3.39. The zero-order valence-corrected chi connectivity index (χ0v) is 18.5. The van der Waals surface area contributed by atoms with Crippen molar-refractivity contribution >= 4 is 39.7 Å². The van der Waals surface area contributed by atoms with Gasteiger partial charge in [-0.1, -0.05) is 23.7 Å². The van der Waals surface area contributed by atoms with E-state index < -0.39 is 12.6 Å². The first-order chi connectivity index (χ1) is 14.8. The molecule has 0 saturated heterocycles. The third-order valence-corrected chi connectivity index (χ3v) is 6.18. The Hall–Kier alpha value is -2.97. The van der Waals surface area contributed by atoms with Gasteiger partial charge in [0.05, 0.1) is 0 Å². The molecule has 0 radical (unpaired) electrons. The summed E-state index contributed by atoms with van der Waals surface area (Å²) >= 11 is 7.39. The number of benzene rings is 1. The van der Waals surface area contributed by atoms with Gasteiger partial charge in [-0.2, -0.15) is 0 Å². The Morgan fingerprint density at radius 3 is 2.71 bits per heavy atom. The van der Waals surface area contributed by atoms with Gasteiger partial charge in [0, 0.05) is 35.1 Å². The summed E-state index contributed by atoms with van der Waals surface area (Å²) < 4.78 is 21.9. The fourth-order valence-electron chi connectivity index (χ4n) is 3.54. The SMILES string of the molecule is Cc1cc(C(=O)COC(=O)c2c(Cl)nc3sccn23)c(C)n1CCc1ccc(F)cc1. The molecule has 0 aliphatic rings. The van der Waals surface area contributed by atoms with Crippen molar-refractivity contribution in [1.29, 1.82) is 0 Å². The van der Waals surface area contributed by atoms with E-state index in [1.165, 1.54) is 23.5 Å². The van der Waals surface area contributed by atoms with Gasteiger partial charge in [0.2, 0.25) is 5.78 Å². The lowest BCUT2D eigenvalue weighted by molar-refractivity contribution is 0.0468. The number of imidazole rings is 1. The van der Waals surface area contributed by atoms with Gasteiger partial charge in [-0.25, -0.2) is 14.2 Å². The Morgan fingerprint density at radius 2 is 1.97 bits per heavy atom. The summed E-state index contributed by atoms with van der Waals surface area (Å²) in [7, 11) is 0. The molecule has 0 fully saturated rings. The van der Waals surface area contributed by atoms with Crippen LogP contribution in [0, 0.1) is 19.7 Å². The number of Topliss-reactive ketones (excluding diaryl/α,β-unsaturated/α-hetero) is 1. The smallest absolute Gasteiger partial charge is 0.359 e. The van der Waals surface area contributed by atoms with Gasteiger partial charge in [-0.05, 0) is 44.0 Å². The van der Waals surface area contributed by atoms with E-state index in [4.69, 9.17) is 16.3 Å².